The molecule has 68 valence electrons. The lowest BCUT2D eigenvalue weighted by Gasteiger charge is -1.98. The van der Waals surface area contributed by atoms with Crippen LogP contribution in [0.25, 0.3) is 11.2 Å². The summed E-state index contributed by atoms with van der Waals surface area (Å²) in [7, 11) is 0. The van der Waals surface area contributed by atoms with Gasteiger partial charge in [0.05, 0.1) is 0 Å². The quantitative estimate of drug-likeness (QED) is 0.692. The minimum atomic E-state index is -0.729. The number of halogens is 2. The molecule has 0 aliphatic carbocycles. The van der Waals surface area contributed by atoms with Crippen molar-refractivity contribution in [2.24, 2.45) is 0 Å². The van der Waals surface area contributed by atoms with Crippen LogP contribution in [0, 0.1) is 0 Å². The van der Waals surface area contributed by atoms with Crippen LogP contribution in [0.1, 0.15) is 10.4 Å². The highest BCUT2D eigenvalue weighted by molar-refractivity contribution is 6.44. The van der Waals surface area contributed by atoms with Crippen molar-refractivity contribution in [1.29, 1.82) is 0 Å². The van der Waals surface area contributed by atoms with Crippen LogP contribution in [0.15, 0.2) is 31.8 Å². The summed E-state index contributed by atoms with van der Waals surface area (Å²) in [6.07, 6.45) is 0. The molecule has 0 radical (unpaired) electrons. The lowest BCUT2D eigenvalue weighted by atomic mass is 10.2. The van der Waals surface area contributed by atoms with E-state index in [2.05, 4.69) is 0 Å². The topological polar surface area (TPSA) is 43.4 Å². The second-order valence-electron chi connectivity index (χ2n) is 2.46. The van der Waals surface area contributed by atoms with Crippen molar-refractivity contribution < 1.29 is 8.83 Å². The van der Waals surface area contributed by atoms with E-state index in [4.69, 9.17) is 32.0 Å². The summed E-state index contributed by atoms with van der Waals surface area (Å²) in [4.78, 5) is 10.0. The first-order chi connectivity index (χ1) is 6.16. The molecule has 0 spiro atoms. The molecule has 0 unspecified atom stereocenters. The van der Waals surface area contributed by atoms with E-state index in [1.54, 1.807) is 18.2 Å². The van der Waals surface area contributed by atoms with Gasteiger partial charge in [0.25, 0.3) is 0 Å². The van der Waals surface area contributed by atoms with Crippen LogP contribution in [0.4, 0.5) is 0 Å². The average molecular weight is 219 g/mol. The number of hydrogen-bond acceptors (Lipinski definition) is 3. The first-order valence-corrected chi connectivity index (χ1v) is 4.36. The van der Waals surface area contributed by atoms with Crippen molar-refractivity contribution >= 4 is 34.4 Å². The maximum Gasteiger partial charge on any atom is 0.519 e. The van der Waals surface area contributed by atoms with Gasteiger partial charge in [0.15, 0.2) is 11.2 Å². The molecule has 0 atom stereocenters. The zero-order chi connectivity index (χ0) is 9.42. The van der Waals surface area contributed by atoms with Crippen molar-refractivity contribution in [3.05, 3.63) is 34.4 Å². The van der Waals surface area contributed by atoms with Crippen LogP contribution in [0.5, 0.6) is 0 Å². The van der Waals surface area contributed by atoms with Gasteiger partial charge >= 0.3 is 5.82 Å². The molecule has 0 N–H and O–H groups in total. The largest absolute Gasteiger partial charge is 0.519 e. The second-order valence-corrected chi connectivity index (χ2v) is 3.56. The predicted octanol–water partition coefficient (Wildman–Crippen LogP) is 2.86. The fourth-order valence-corrected chi connectivity index (χ4v) is 1.30. The number of alkyl halides is 2. The van der Waals surface area contributed by atoms with Crippen molar-refractivity contribution in [1.82, 2.24) is 0 Å². The molecule has 1 aromatic carbocycles. The van der Waals surface area contributed by atoms with Gasteiger partial charge in [-0.15, -0.1) is 23.2 Å². The van der Waals surface area contributed by atoms with Crippen molar-refractivity contribution in [3.63, 3.8) is 0 Å². The second kappa shape index (κ2) is 3.09. The van der Waals surface area contributed by atoms with E-state index in [-0.39, 0.29) is 0 Å². The van der Waals surface area contributed by atoms with Crippen LogP contribution in [-0.4, -0.2) is 0 Å². The Balaban J connectivity index is 2.68. The number of hydrogen-bond donors (Lipinski definition) is 0. The molecule has 5 heteroatoms. The molecule has 0 saturated carbocycles. The molecule has 0 amide bonds. The normalized spacial score (nSPS) is 11.3. The molecule has 0 aliphatic rings. The van der Waals surface area contributed by atoms with Gasteiger partial charge in [-0.2, -0.15) is 0 Å². The fourth-order valence-electron chi connectivity index (χ4n) is 1.02. The number of fused-ring (bicyclic) bond motifs is 1. The summed E-state index contributed by atoms with van der Waals surface area (Å²) in [5.41, 5.74) is 1.41. The molecule has 2 aromatic rings. The van der Waals surface area contributed by atoms with Crippen LogP contribution >= 0.6 is 23.2 Å². The summed E-state index contributed by atoms with van der Waals surface area (Å²) >= 11 is 11.3. The highest BCUT2D eigenvalue weighted by Crippen LogP contribution is 2.27. The molecule has 0 aliphatic heterocycles. The van der Waals surface area contributed by atoms with Gasteiger partial charge in [-0.1, -0.05) is 6.07 Å². The zero-order valence-corrected chi connectivity index (χ0v) is 7.80. The summed E-state index contributed by atoms with van der Waals surface area (Å²) in [5, 5.41) is 0. The summed E-state index contributed by atoms with van der Waals surface area (Å²) < 4.78 is 9.41. The minimum Gasteiger partial charge on any atom is -0.391 e. The minimum absolute atomic E-state index is 0.355. The molecule has 1 heterocycles. The Morgan fingerprint density at radius 3 is 2.54 bits per heavy atom. The van der Waals surface area contributed by atoms with Gasteiger partial charge in [0, 0.05) is 0 Å². The van der Waals surface area contributed by atoms with Crippen molar-refractivity contribution in [2.45, 2.75) is 4.84 Å². The maximum absolute atomic E-state index is 10.7. The van der Waals surface area contributed by atoms with Crippen molar-refractivity contribution in [3.8, 4) is 0 Å². The van der Waals surface area contributed by atoms with Crippen LogP contribution in [0.2, 0.25) is 0 Å². The molecule has 2 rings (SSSR count). The Bertz CT molecular complexity index is 483. The zero-order valence-electron chi connectivity index (χ0n) is 6.29. The molecule has 1 aromatic heterocycles. The van der Waals surface area contributed by atoms with E-state index in [9.17, 15) is 4.79 Å². The first kappa shape index (κ1) is 8.66. The fraction of sp³-hybridized carbons (Fsp3) is 0.125. The molecule has 0 bridgehead atoms. The third-order valence-electron chi connectivity index (χ3n) is 1.61. The van der Waals surface area contributed by atoms with E-state index in [0.717, 1.165) is 0 Å². The molecule has 0 saturated heterocycles. The molecular formula is C8H4Cl2O3. The average Bonchev–Trinajstić information content (AvgIpc) is 2.42. The summed E-state index contributed by atoms with van der Waals surface area (Å²) in [6.45, 7) is 0. The molecule has 3 nitrogen and oxygen atoms in total. The van der Waals surface area contributed by atoms with Crippen LogP contribution < -0.4 is 5.82 Å². The molecule has 13 heavy (non-hydrogen) atoms. The molecule has 0 fully saturated rings. The van der Waals surface area contributed by atoms with E-state index >= 15 is 0 Å². The maximum atomic E-state index is 10.7. The number of rotatable bonds is 1. The Morgan fingerprint density at radius 1 is 1.15 bits per heavy atom. The Hall–Kier alpha value is -0.930. The lowest BCUT2D eigenvalue weighted by molar-refractivity contribution is 0.409. The van der Waals surface area contributed by atoms with Gasteiger partial charge < -0.3 is 8.83 Å². The highest BCUT2D eigenvalue weighted by atomic mass is 35.5. The van der Waals surface area contributed by atoms with E-state index < -0.39 is 10.7 Å². The smallest absolute Gasteiger partial charge is 0.391 e. The Labute approximate surface area is 82.8 Å². The van der Waals surface area contributed by atoms with Gasteiger partial charge in [-0.05, 0) is 17.7 Å². The lowest BCUT2D eigenvalue weighted by Crippen LogP contribution is -1.84. The standard InChI is InChI=1S/C8H4Cl2O3/c9-7(10)4-1-2-5-6(3-4)13-8(11)12-5/h1-3,7H. The van der Waals surface area contributed by atoms with Gasteiger partial charge in [0.2, 0.25) is 0 Å². The van der Waals surface area contributed by atoms with Gasteiger partial charge in [0.1, 0.15) is 4.84 Å². The Morgan fingerprint density at radius 2 is 1.85 bits per heavy atom. The third-order valence-corrected chi connectivity index (χ3v) is 2.11. The highest BCUT2D eigenvalue weighted by Gasteiger charge is 2.08. The van der Waals surface area contributed by atoms with Gasteiger partial charge in [-0.25, -0.2) is 4.79 Å². The van der Waals surface area contributed by atoms with Crippen molar-refractivity contribution in [2.75, 3.05) is 0 Å². The van der Waals surface area contributed by atoms with E-state index in [0.29, 0.717) is 16.7 Å². The van der Waals surface area contributed by atoms with Crippen LogP contribution in [0.3, 0.4) is 0 Å². The first-order valence-electron chi connectivity index (χ1n) is 3.48. The number of benzene rings is 1. The van der Waals surface area contributed by atoms with E-state index in [1.165, 1.54) is 0 Å². The Kier molecular flexibility index (Phi) is 2.06. The van der Waals surface area contributed by atoms with Gasteiger partial charge in [-0.3, -0.25) is 0 Å². The summed E-state index contributed by atoms with van der Waals surface area (Å²) in [6, 6.07) is 4.84. The monoisotopic (exact) mass is 218 g/mol. The van der Waals surface area contributed by atoms with Crippen LogP contribution in [-0.2, 0) is 0 Å². The molecular weight excluding hydrogens is 215 g/mol. The SMILES string of the molecule is O=c1oc2ccc(C(Cl)Cl)cc2o1. The summed E-state index contributed by atoms with van der Waals surface area (Å²) in [5.74, 6) is -0.729. The predicted molar refractivity (Wildman–Crippen MR) is 49.2 cm³/mol. The third kappa shape index (κ3) is 1.57. The van der Waals surface area contributed by atoms with E-state index in [1.807, 2.05) is 0 Å².